The Morgan fingerprint density at radius 3 is 1.67 bits per heavy atom. The maximum Gasteiger partial charge on any atom is 0.306 e. The van der Waals surface area contributed by atoms with Gasteiger partial charge in [-0.3, -0.25) is 4.79 Å². The summed E-state index contributed by atoms with van der Waals surface area (Å²) in [6.07, 6.45) is 31.5. The molecule has 5 rings (SSSR count). The first-order valence-electron chi connectivity index (χ1n) is 21.6. The van der Waals surface area contributed by atoms with E-state index in [2.05, 4.69) is 62.0 Å². The van der Waals surface area contributed by atoms with Crippen molar-refractivity contribution in [2.24, 2.45) is 56.7 Å². The van der Waals surface area contributed by atoms with Crippen molar-refractivity contribution < 1.29 is 9.53 Å². The van der Waals surface area contributed by atoms with Gasteiger partial charge < -0.3 is 4.74 Å². The number of hydrogen-bond acceptors (Lipinski definition) is 2. The summed E-state index contributed by atoms with van der Waals surface area (Å²) in [4.78, 5) is 13.2. The largest absolute Gasteiger partial charge is 0.462 e. The van der Waals surface area contributed by atoms with Crippen LogP contribution >= 0.6 is 0 Å². The van der Waals surface area contributed by atoms with Crippen molar-refractivity contribution in [3.8, 4) is 0 Å². The maximum atomic E-state index is 13.2. The summed E-state index contributed by atoms with van der Waals surface area (Å²) in [7, 11) is 0. The molecule has 0 amide bonds. The number of carbonyl (C=O) groups is 1. The standard InChI is InChI=1S/C46H80O2/c1-10-11-12-13-14-15-16-17-18-19-20-21-22-23-41(47)48-40-29-31-44(7)37(42(40,4)5)28-33-46(9)39(44)25-24-38-43(6)30-26-35(34(2)3)36(43)27-32-45(38,46)8/h35-40H,2,10-33H2,1,3-9H3/t35-,36+,37+,38-,39-,40+,43+,44+,45-,46-/m1/s1. The van der Waals surface area contributed by atoms with Crippen LogP contribution in [0.2, 0.25) is 0 Å². The van der Waals surface area contributed by atoms with Crippen molar-refractivity contribution in [1.29, 1.82) is 0 Å². The fourth-order valence-corrected chi connectivity index (χ4v) is 14.5. The second kappa shape index (κ2) is 15.4. The summed E-state index contributed by atoms with van der Waals surface area (Å²) in [5, 5.41) is 0. The minimum absolute atomic E-state index is 0.0432. The molecule has 0 radical (unpaired) electrons. The molecule has 10 atom stereocenters. The Bertz CT molecular complexity index is 1090. The number of rotatable bonds is 16. The van der Waals surface area contributed by atoms with Crippen LogP contribution < -0.4 is 0 Å². The van der Waals surface area contributed by atoms with Crippen LogP contribution in [0.5, 0.6) is 0 Å². The number of fused-ring (bicyclic) bond motifs is 7. The molecule has 0 saturated heterocycles. The molecule has 276 valence electrons. The summed E-state index contributed by atoms with van der Waals surface area (Å²) in [5.41, 5.74) is 3.16. The highest BCUT2D eigenvalue weighted by molar-refractivity contribution is 5.69. The average Bonchev–Trinajstić information content (AvgIpc) is 3.38. The first-order chi connectivity index (χ1) is 22.8. The zero-order valence-electron chi connectivity index (χ0n) is 33.5. The molecule has 0 bridgehead atoms. The first kappa shape index (κ1) is 38.4. The van der Waals surface area contributed by atoms with E-state index in [1.165, 1.54) is 140 Å². The van der Waals surface area contributed by atoms with Crippen LogP contribution in [0, 0.1) is 56.7 Å². The molecule has 0 spiro atoms. The first-order valence-corrected chi connectivity index (χ1v) is 21.6. The lowest BCUT2D eigenvalue weighted by Gasteiger charge is -2.73. The van der Waals surface area contributed by atoms with E-state index in [1.54, 1.807) is 0 Å². The Hall–Kier alpha value is -0.790. The molecular formula is C46H80O2. The molecular weight excluding hydrogens is 585 g/mol. The lowest BCUT2D eigenvalue weighted by Crippen LogP contribution is -2.67. The van der Waals surface area contributed by atoms with Crippen molar-refractivity contribution in [3.63, 3.8) is 0 Å². The van der Waals surface area contributed by atoms with Crippen molar-refractivity contribution in [2.45, 2.75) is 216 Å². The Morgan fingerprint density at radius 1 is 0.604 bits per heavy atom. The number of unbranched alkanes of at least 4 members (excludes halogenated alkanes) is 12. The Balaban J connectivity index is 1.10. The SMILES string of the molecule is C=C(C)[C@H]1CC[C@]2(C)[C@H]3CC[C@@H]4[C@@]5(C)CC[C@H](OC(=O)CCCCCCCCCCCCCCC)C(C)(C)[C@@H]5CC[C@@]4(C)[C@]3(C)CC[C@@H]12. The second-order valence-corrected chi connectivity index (χ2v) is 20.1. The predicted octanol–water partition coefficient (Wildman–Crippen LogP) is 14.1. The minimum Gasteiger partial charge on any atom is -0.462 e. The molecule has 0 aliphatic heterocycles. The molecule has 5 fully saturated rings. The summed E-state index contributed by atoms with van der Waals surface area (Å²) in [6.45, 7) is 24.9. The maximum absolute atomic E-state index is 13.2. The highest BCUT2D eigenvalue weighted by atomic mass is 16.5. The lowest BCUT2D eigenvalue weighted by molar-refractivity contribution is -0.253. The van der Waals surface area contributed by atoms with Crippen LogP contribution in [0.4, 0.5) is 0 Å². The summed E-state index contributed by atoms with van der Waals surface area (Å²) < 4.78 is 6.42. The zero-order valence-corrected chi connectivity index (χ0v) is 33.5. The molecule has 0 N–H and O–H groups in total. The normalized spacial score (nSPS) is 41.5. The molecule has 0 aromatic heterocycles. The van der Waals surface area contributed by atoms with Gasteiger partial charge in [0.05, 0.1) is 0 Å². The number of hydrogen-bond donors (Lipinski definition) is 0. The van der Waals surface area contributed by atoms with E-state index in [1.807, 2.05) is 0 Å². The van der Waals surface area contributed by atoms with E-state index in [0.29, 0.717) is 34.0 Å². The quantitative estimate of drug-likeness (QED) is 0.0932. The van der Waals surface area contributed by atoms with Gasteiger partial charge in [0, 0.05) is 11.8 Å². The fraction of sp³-hybridized carbons (Fsp3) is 0.935. The van der Waals surface area contributed by atoms with Gasteiger partial charge in [0.2, 0.25) is 0 Å². The van der Waals surface area contributed by atoms with Gasteiger partial charge in [-0.1, -0.05) is 138 Å². The van der Waals surface area contributed by atoms with Gasteiger partial charge in [-0.25, -0.2) is 0 Å². The third-order valence-electron chi connectivity index (χ3n) is 17.3. The van der Waals surface area contributed by atoms with Crippen LogP contribution in [0.3, 0.4) is 0 Å². The molecule has 0 heterocycles. The smallest absolute Gasteiger partial charge is 0.306 e. The summed E-state index contributed by atoms with van der Waals surface area (Å²) in [6, 6.07) is 0. The molecule has 2 heteroatoms. The van der Waals surface area contributed by atoms with Gasteiger partial charge >= 0.3 is 5.97 Å². The molecule has 2 nitrogen and oxygen atoms in total. The third kappa shape index (κ3) is 7.02. The summed E-state index contributed by atoms with van der Waals surface area (Å²) >= 11 is 0. The van der Waals surface area contributed by atoms with Gasteiger partial charge in [0.25, 0.3) is 0 Å². The van der Waals surface area contributed by atoms with Crippen LogP contribution in [0.15, 0.2) is 12.2 Å². The average molecular weight is 665 g/mol. The third-order valence-corrected chi connectivity index (χ3v) is 17.3. The van der Waals surface area contributed by atoms with E-state index in [9.17, 15) is 4.79 Å². The number of esters is 1. The molecule has 0 aromatic carbocycles. The topological polar surface area (TPSA) is 26.3 Å². The van der Waals surface area contributed by atoms with E-state index in [-0.39, 0.29) is 17.5 Å². The van der Waals surface area contributed by atoms with Crippen LogP contribution in [-0.2, 0) is 9.53 Å². The molecule has 5 aliphatic rings. The highest BCUT2D eigenvalue weighted by Crippen LogP contribution is 2.78. The zero-order chi connectivity index (χ0) is 34.8. The van der Waals surface area contributed by atoms with Gasteiger partial charge in [-0.05, 0) is 129 Å². The van der Waals surface area contributed by atoms with Crippen LogP contribution in [-0.4, -0.2) is 12.1 Å². The predicted molar refractivity (Wildman–Crippen MR) is 205 cm³/mol. The van der Waals surface area contributed by atoms with E-state index in [4.69, 9.17) is 4.74 Å². The van der Waals surface area contributed by atoms with Gasteiger partial charge in [-0.15, -0.1) is 0 Å². The van der Waals surface area contributed by atoms with E-state index < -0.39 is 0 Å². The molecule has 0 unspecified atom stereocenters. The second-order valence-electron chi connectivity index (χ2n) is 20.1. The number of carbonyl (C=O) groups excluding carboxylic acids is 1. The molecule has 5 saturated carbocycles. The van der Waals surface area contributed by atoms with Crippen LogP contribution in [0.25, 0.3) is 0 Å². The van der Waals surface area contributed by atoms with Crippen molar-refractivity contribution in [3.05, 3.63) is 12.2 Å². The van der Waals surface area contributed by atoms with E-state index in [0.717, 1.165) is 36.5 Å². The van der Waals surface area contributed by atoms with Crippen molar-refractivity contribution in [1.82, 2.24) is 0 Å². The number of allylic oxidation sites excluding steroid dienone is 1. The Morgan fingerprint density at radius 2 is 1.10 bits per heavy atom. The molecule has 5 aliphatic carbocycles. The monoisotopic (exact) mass is 665 g/mol. The lowest BCUT2D eigenvalue weighted by atomic mass is 9.32. The van der Waals surface area contributed by atoms with Crippen molar-refractivity contribution >= 4 is 5.97 Å². The highest BCUT2D eigenvalue weighted by Gasteiger charge is 2.71. The number of ether oxygens (including phenoxy) is 1. The van der Waals surface area contributed by atoms with Crippen molar-refractivity contribution in [2.75, 3.05) is 0 Å². The van der Waals surface area contributed by atoms with Gasteiger partial charge in [0.1, 0.15) is 6.10 Å². The van der Waals surface area contributed by atoms with E-state index >= 15 is 0 Å². The Labute approximate surface area is 299 Å². The molecule has 48 heavy (non-hydrogen) atoms. The van der Waals surface area contributed by atoms with Crippen LogP contribution in [0.1, 0.15) is 209 Å². The minimum atomic E-state index is 0.0432. The summed E-state index contributed by atoms with van der Waals surface area (Å²) in [5.74, 6) is 3.95. The molecule has 0 aromatic rings. The van der Waals surface area contributed by atoms with Gasteiger partial charge in [0.15, 0.2) is 0 Å². The Kier molecular flexibility index (Phi) is 12.4. The van der Waals surface area contributed by atoms with Gasteiger partial charge in [-0.2, -0.15) is 0 Å². The fourth-order valence-electron chi connectivity index (χ4n) is 14.5.